The molecule has 0 fully saturated rings. The third-order valence-electron chi connectivity index (χ3n) is 3.41. The highest BCUT2D eigenvalue weighted by Crippen LogP contribution is 2.31. The van der Waals surface area contributed by atoms with Crippen LogP contribution in [0.5, 0.6) is 5.75 Å². The molecule has 5 heteroatoms. The molecule has 0 radical (unpaired) electrons. The molecule has 126 valence electrons. The molecule has 0 aliphatic rings. The van der Waals surface area contributed by atoms with Crippen LogP contribution >= 0.6 is 0 Å². The lowest BCUT2D eigenvalue weighted by atomic mass is 10.0. The molecule has 3 nitrogen and oxygen atoms in total. The zero-order valence-electron chi connectivity index (χ0n) is 13.5. The van der Waals surface area contributed by atoms with Gasteiger partial charge in [-0.15, -0.1) is 0 Å². The number of rotatable bonds is 6. The molecule has 0 saturated heterocycles. The number of alkyl halides is 2. The second-order valence-corrected chi connectivity index (χ2v) is 5.01. The molecule has 2 rings (SSSR count). The topological polar surface area (TPSA) is 35.5 Å². The number of carbonyl (C=O) groups excluding carboxylic acids is 1. The summed E-state index contributed by atoms with van der Waals surface area (Å²) in [6.45, 7) is 1.76. The first-order chi connectivity index (χ1) is 11.5. The van der Waals surface area contributed by atoms with E-state index in [4.69, 9.17) is 4.74 Å². The average Bonchev–Trinajstić information content (AvgIpc) is 2.61. The number of ether oxygens (including phenoxy) is 2. The number of esters is 1. The fourth-order valence-electron chi connectivity index (χ4n) is 2.13. The lowest BCUT2D eigenvalue weighted by Gasteiger charge is -2.13. The predicted molar refractivity (Wildman–Crippen MR) is 88.1 cm³/mol. The third-order valence-corrected chi connectivity index (χ3v) is 3.41. The summed E-state index contributed by atoms with van der Waals surface area (Å²) in [6, 6.07) is 13.2. The number of methoxy groups -OCH3 is 1. The van der Waals surface area contributed by atoms with E-state index < -0.39 is 11.9 Å². The third kappa shape index (κ3) is 4.41. The lowest BCUT2D eigenvalue weighted by molar-refractivity contribution is -0.137. The maximum atomic E-state index is 14.1. The predicted octanol–water partition coefficient (Wildman–Crippen LogP) is 4.57. The first kappa shape index (κ1) is 17.7. The molecule has 2 aromatic carbocycles. The Hall–Kier alpha value is -2.69. The molecule has 0 aliphatic carbocycles. The SMILES string of the molecule is CCOC(=O)C=CC(F)(F)c1ccc(-c2ccc(OC)cc2)cc1. The van der Waals surface area contributed by atoms with Crippen LogP contribution in [0.1, 0.15) is 12.5 Å². The Bertz CT molecular complexity index is 704. The zero-order chi connectivity index (χ0) is 17.6. The van der Waals surface area contributed by atoms with E-state index in [0.717, 1.165) is 23.0 Å². The molecule has 24 heavy (non-hydrogen) atoms. The molecular weight excluding hydrogens is 314 g/mol. The fraction of sp³-hybridized carbons (Fsp3) is 0.211. The minimum atomic E-state index is -3.24. The number of halogens is 2. The number of benzene rings is 2. The molecule has 0 aromatic heterocycles. The molecule has 0 heterocycles. The van der Waals surface area contributed by atoms with E-state index in [0.29, 0.717) is 6.08 Å². The Labute approximate surface area is 139 Å². The first-order valence-electron chi connectivity index (χ1n) is 7.45. The molecule has 0 saturated carbocycles. The standard InChI is InChI=1S/C19H18F2O3/c1-3-24-18(22)12-13-19(20,21)16-8-4-14(5-9-16)15-6-10-17(23-2)11-7-15/h4-13H,3H2,1-2H3. The molecule has 0 N–H and O–H groups in total. The van der Waals surface area contributed by atoms with E-state index in [1.165, 1.54) is 12.1 Å². The number of hydrogen-bond acceptors (Lipinski definition) is 3. The van der Waals surface area contributed by atoms with Gasteiger partial charge in [0.25, 0.3) is 5.92 Å². The van der Waals surface area contributed by atoms with Gasteiger partial charge in [-0.25, -0.2) is 4.79 Å². The summed E-state index contributed by atoms with van der Waals surface area (Å²) < 4.78 is 37.8. The van der Waals surface area contributed by atoms with Gasteiger partial charge in [-0.3, -0.25) is 0 Å². The number of carbonyl (C=O) groups is 1. The van der Waals surface area contributed by atoms with Crippen LogP contribution in [-0.2, 0) is 15.5 Å². The molecule has 0 amide bonds. The summed E-state index contributed by atoms with van der Waals surface area (Å²) in [5, 5.41) is 0. The van der Waals surface area contributed by atoms with Gasteiger partial charge >= 0.3 is 5.97 Å². The van der Waals surface area contributed by atoms with Crippen molar-refractivity contribution in [3.8, 4) is 16.9 Å². The van der Waals surface area contributed by atoms with Crippen molar-refractivity contribution in [2.75, 3.05) is 13.7 Å². The van der Waals surface area contributed by atoms with Gasteiger partial charge in [0.1, 0.15) is 5.75 Å². The van der Waals surface area contributed by atoms with Crippen molar-refractivity contribution in [1.29, 1.82) is 0 Å². The van der Waals surface area contributed by atoms with E-state index in [1.807, 2.05) is 12.1 Å². The smallest absolute Gasteiger partial charge is 0.330 e. The van der Waals surface area contributed by atoms with Crippen LogP contribution in [0, 0.1) is 0 Å². The highest BCUT2D eigenvalue weighted by molar-refractivity contribution is 5.82. The molecule has 0 unspecified atom stereocenters. The Morgan fingerprint density at radius 1 is 1.04 bits per heavy atom. The van der Waals surface area contributed by atoms with Crippen LogP contribution < -0.4 is 4.74 Å². The van der Waals surface area contributed by atoms with E-state index in [1.54, 1.807) is 38.3 Å². The largest absolute Gasteiger partial charge is 0.497 e. The van der Waals surface area contributed by atoms with Gasteiger partial charge in [0.05, 0.1) is 13.7 Å². The zero-order valence-corrected chi connectivity index (χ0v) is 13.5. The van der Waals surface area contributed by atoms with Gasteiger partial charge in [-0.2, -0.15) is 8.78 Å². The first-order valence-corrected chi connectivity index (χ1v) is 7.45. The summed E-state index contributed by atoms with van der Waals surface area (Å²) >= 11 is 0. The van der Waals surface area contributed by atoms with E-state index in [2.05, 4.69) is 4.74 Å². The highest BCUT2D eigenvalue weighted by Gasteiger charge is 2.28. The maximum Gasteiger partial charge on any atom is 0.330 e. The van der Waals surface area contributed by atoms with E-state index >= 15 is 0 Å². The van der Waals surface area contributed by atoms with Crippen LogP contribution in [0.2, 0.25) is 0 Å². The molecule has 0 spiro atoms. The fourth-order valence-corrected chi connectivity index (χ4v) is 2.13. The summed E-state index contributed by atoms with van der Waals surface area (Å²) in [7, 11) is 1.58. The van der Waals surface area contributed by atoms with Gasteiger partial charge in [0, 0.05) is 11.6 Å². The van der Waals surface area contributed by atoms with Gasteiger partial charge in [0.2, 0.25) is 0 Å². The minimum absolute atomic E-state index is 0.144. The van der Waals surface area contributed by atoms with Crippen LogP contribution in [0.25, 0.3) is 11.1 Å². The number of hydrogen-bond donors (Lipinski definition) is 0. The van der Waals surface area contributed by atoms with Gasteiger partial charge in [-0.05, 0) is 36.3 Å². The van der Waals surface area contributed by atoms with Crippen LogP contribution in [-0.4, -0.2) is 19.7 Å². The maximum absolute atomic E-state index is 14.1. The van der Waals surface area contributed by atoms with Gasteiger partial charge in [0.15, 0.2) is 0 Å². The number of allylic oxidation sites excluding steroid dienone is 1. The summed E-state index contributed by atoms with van der Waals surface area (Å²) in [6.07, 6.45) is 1.30. The summed E-state index contributed by atoms with van der Waals surface area (Å²) in [4.78, 5) is 11.2. The Morgan fingerprint density at radius 2 is 1.58 bits per heavy atom. The van der Waals surface area contributed by atoms with Crippen molar-refractivity contribution in [3.63, 3.8) is 0 Å². The Balaban J connectivity index is 2.16. The molecular formula is C19H18F2O3. The van der Waals surface area contributed by atoms with Crippen LogP contribution in [0.3, 0.4) is 0 Å². The Morgan fingerprint density at radius 3 is 2.08 bits per heavy atom. The van der Waals surface area contributed by atoms with Gasteiger partial charge in [-0.1, -0.05) is 36.4 Å². The highest BCUT2D eigenvalue weighted by atomic mass is 19.3. The van der Waals surface area contributed by atoms with E-state index in [9.17, 15) is 13.6 Å². The monoisotopic (exact) mass is 332 g/mol. The van der Waals surface area contributed by atoms with Crippen molar-refractivity contribution < 1.29 is 23.0 Å². The molecule has 0 aliphatic heterocycles. The average molecular weight is 332 g/mol. The molecule has 0 bridgehead atoms. The Kier molecular flexibility index (Phi) is 5.68. The van der Waals surface area contributed by atoms with Crippen molar-refractivity contribution >= 4 is 5.97 Å². The summed E-state index contributed by atoms with van der Waals surface area (Å²) in [5.41, 5.74) is 1.51. The van der Waals surface area contributed by atoms with Gasteiger partial charge < -0.3 is 9.47 Å². The quantitative estimate of drug-likeness (QED) is 0.574. The van der Waals surface area contributed by atoms with Crippen molar-refractivity contribution in [2.24, 2.45) is 0 Å². The van der Waals surface area contributed by atoms with Crippen LogP contribution in [0.4, 0.5) is 8.78 Å². The van der Waals surface area contributed by atoms with Crippen molar-refractivity contribution in [2.45, 2.75) is 12.8 Å². The summed E-state index contributed by atoms with van der Waals surface area (Å²) in [5.74, 6) is -3.30. The second-order valence-electron chi connectivity index (χ2n) is 5.01. The van der Waals surface area contributed by atoms with E-state index in [-0.39, 0.29) is 12.2 Å². The molecule has 0 atom stereocenters. The second kappa shape index (κ2) is 7.73. The minimum Gasteiger partial charge on any atom is -0.497 e. The van der Waals surface area contributed by atoms with Crippen LogP contribution in [0.15, 0.2) is 60.7 Å². The normalized spacial score (nSPS) is 11.5. The molecule has 2 aromatic rings. The van der Waals surface area contributed by atoms with Crippen molar-refractivity contribution in [1.82, 2.24) is 0 Å². The van der Waals surface area contributed by atoms with Crippen molar-refractivity contribution in [3.05, 3.63) is 66.2 Å². The lowest BCUT2D eigenvalue weighted by Crippen LogP contribution is -2.11.